The minimum Gasteiger partial charge on any atom is -0.497 e. The molecule has 8 nitrogen and oxygen atoms in total. The van der Waals surface area contributed by atoms with Crippen LogP contribution < -0.4 is 15.0 Å². The van der Waals surface area contributed by atoms with E-state index in [2.05, 4.69) is 4.99 Å². The maximum absolute atomic E-state index is 12.8. The standard InChI is InChI=1S/C21H16N2O6S/c1-27-12-7-8-15-17(9-12)30-21(23(15)10-18(24)28-2)22-20(26)14-11-29-16-6-4-3-5-13(16)19(14)25/h3-9,11H,10H2,1-2H3. The van der Waals surface area contributed by atoms with Crippen molar-refractivity contribution >= 4 is 44.4 Å². The van der Waals surface area contributed by atoms with Gasteiger partial charge >= 0.3 is 5.97 Å². The zero-order valence-corrected chi connectivity index (χ0v) is 16.9. The summed E-state index contributed by atoms with van der Waals surface area (Å²) < 4.78 is 17.7. The van der Waals surface area contributed by atoms with E-state index in [4.69, 9.17) is 13.9 Å². The number of esters is 1. The number of benzene rings is 2. The van der Waals surface area contributed by atoms with Gasteiger partial charge in [-0.15, -0.1) is 0 Å². The molecular formula is C21H16N2O6S. The van der Waals surface area contributed by atoms with E-state index in [0.29, 0.717) is 22.2 Å². The van der Waals surface area contributed by atoms with Crippen molar-refractivity contribution in [2.75, 3.05) is 14.2 Å². The molecule has 30 heavy (non-hydrogen) atoms. The van der Waals surface area contributed by atoms with Gasteiger partial charge in [0.2, 0.25) is 5.43 Å². The van der Waals surface area contributed by atoms with Crippen LogP contribution >= 0.6 is 11.3 Å². The average Bonchev–Trinajstić information content (AvgIpc) is 3.09. The molecule has 152 valence electrons. The minimum atomic E-state index is -0.758. The Morgan fingerprint density at radius 2 is 1.97 bits per heavy atom. The molecule has 0 saturated carbocycles. The first-order valence-electron chi connectivity index (χ1n) is 8.85. The fraction of sp³-hybridized carbons (Fsp3) is 0.143. The second-order valence-corrected chi connectivity index (χ2v) is 7.28. The topological polar surface area (TPSA) is 100 Å². The molecule has 1 amide bonds. The lowest BCUT2D eigenvalue weighted by Gasteiger charge is -2.04. The van der Waals surface area contributed by atoms with Gasteiger partial charge in [-0.05, 0) is 30.3 Å². The molecule has 0 bridgehead atoms. The largest absolute Gasteiger partial charge is 0.497 e. The highest BCUT2D eigenvalue weighted by atomic mass is 32.1. The van der Waals surface area contributed by atoms with E-state index in [1.165, 1.54) is 18.4 Å². The first kappa shape index (κ1) is 19.6. The smallest absolute Gasteiger partial charge is 0.325 e. The summed E-state index contributed by atoms with van der Waals surface area (Å²) in [6.45, 7) is -0.138. The van der Waals surface area contributed by atoms with Crippen molar-refractivity contribution in [2.45, 2.75) is 6.54 Å². The third kappa shape index (κ3) is 3.50. The summed E-state index contributed by atoms with van der Waals surface area (Å²) in [6, 6.07) is 11.9. The zero-order chi connectivity index (χ0) is 21.3. The Morgan fingerprint density at radius 1 is 1.17 bits per heavy atom. The van der Waals surface area contributed by atoms with Crippen molar-refractivity contribution in [1.29, 1.82) is 0 Å². The van der Waals surface area contributed by atoms with E-state index < -0.39 is 17.3 Å². The summed E-state index contributed by atoms with van der Waals surface area (Å²) >= 11 is 1.19. The number of fused-ring (bicyclic) bond motifs is 2. The van der Waals surface area contributed by atoms with E-state index in [0.717, 1.165) is 11.0 Å². The monoisotopic (exact) mass is 424 g/mol. The van der Waals surface area contributed by atoms with Crippen LogP contribution in [0.2, 0.25) is 0 Å². The van der Waals surface area contributed by atoms with Crippen molar-refractivity contribution in [1.82, 2.24) is 4.57 Å². The fourth-order valence-corrected chi connectivity index (χ4v) is 4.04. The Balaban J connectivity index is 1.88. The van der Waals surface area contributed by atoms with Gasteiger partial charge in [-0.1, -0.05) is 23.5 Å². The molecule has 9 heteroatoms. The summed E-state index contributed by atoms with van der Waals surface area (Å²) in [6.07, 6.45) is 1.11. The third-order valence-electron chi connectivity index (χ3n) is 4.51. The molecule has 0 radical (unpaired) electrons. The Labute approximate surface area is 173 Å². The van der Waals surface area contributed by atoms with Crippen LogP contribution in [0.5, 0.6) is 5.75 Å². The molecule has 0 atom stereocenters. The van der Waals surface area contributed by atoms with Gasteiger partial charge in [-0.25, -0.2) is 0 Å². The SMILES string of the molecule is COC(=O)Cn1c(=NC(=O)c2coc3ccccc3c2=O)sc2cc(OC)ccc21. The lowest BCUT2D eigenvalue weighted by molar-refractivity contribution is -0.141. The molecule has 4 aromatic rings. The summed E-state index contributed by atoms with van der Waals surface area (Å²) in [5.74, 6) is -0.627. The van der Waals surface area contributed by atoms with E-state index in [1.807, 2.05) is 0 Å². The fourth-order valence-electron chi connectivity index (χ4n) is 2.98. The average molecular weight is 424 g/mol. The van der Waals surface area contributed by atoms with E-state index >= 15 is 0 Å². The number of carbonyl (C=O) groups excluding carboxylic acids is 2. The molecule has 0 fully saturated rings. The van der Waals surface area contributed by atoms with Gasteiger partial charge in [-0.2, -0.15) is 4.99 Å². The van der Waals surface area contributed by atoms with Gasteiger partial charge in [0, 0.05) is 0 Å². The molecule has 0 spiro atoms. The number of rotatable bonds is 4. The van der Waals surface area contributed by atoms with E-state index in [1.54, 1.807) is 54.1 Å². The number of hydrogen-bond donors (Lipinski definition) is 0. The highest BCUT2D eigenvalue weighted by molar-refractivity contribution is 7.16. The van der Waals surface area contributed by atoms with Gasteiger partial charge in [0.1, 0.15) is 29.7 Å². The number of aromatic nitrogens is 1. The van der Waals surface area contributed by atoms with Crippen molar-refractivity contribution < 1.29 is 23.5 Å². The van der Waals surface area contributed by atoms with E-state index in [9.17, 15) is 14.4 Å². The maximum Gasteiger partial charge on any atom is 0.325 e. The van der Waals surface area contributed by atoms with Gasteiger partial charge in [0.05, 0.1) is 29.8 Å². The Hall–Kier alpha value is -3.72. The number of nitrogens with zero attached hydrogens (tertiary/aromatic N) is 2. The van der Waals surface area contributed by atoms with Crippen LogP contribution in [-0.4, -0.2) is 30.7 Å². The Morgan fingerprint density at radius 3 is 2.73 bits per heavy atom. The van der Waals surface area contributed by atoms with Crippen LogP contribution in [0.3, 0.4) is 0 Å². The van der Waals surface area contributed by atoms with Crippen molar-refractivity contribution in [2.24, 2.45) is 4.99 Å². The number of hydrogen-bond acceptors (Lipinski definition) is 7. The Bertz CT molecular complexity index is 1410. The molecule has 0 aliphatic carbocycles. The van der Waals surface area contributed by atoms with Crippen LogP contribution in [0.25, 0.3) is 21.2 Å². The molecule has 2 aromatic carbocycles. The lowest BCUT2D eigenvalue weighted by atomic mass is 10.2. The first-order chi connectivity index (χ1) is 14.5. The maximum atomic E-state index is 12.8. The van der Waals surface area contributed by atoms with Crippen molar-refractivity contribution in [3.05, 3.63) is 69.3 Å². The number of ether oxygens (including phenoxy) is 2. The van der Waals surface area contributed by atoms with Crippen LogP contribution in [0, 0.1) is 0 Å². The summed E-state index contributed by atoms with van der Waals surface area (Å²) in [7, 11) is 2.83. The quantitative estimate of drug-likeness (QED) is 0.467. The molecule has 0 unspecified atom stereocenters. The molecule has 0 saturated heterocycles. The molecule has 0 N–H and O–H groups in total. The van der Waals surface area contributed by atoms with Gasteiger partial charge in [-0.3, -0.25) is 14.4 Å². The molecular weight excluding hydrogens is 408 g/mol. The predicted octanol–water partition coefficient (Wildman–Crippen LogP) is 2.73. The highest BCUT2D eigenvalue weighted by Gasteiger charge is 2.16. The number of methoxy groups -OCH3 is 2. The van der Waals surface area contributed by atoms with E-state index in [-0.39, 0.29) is 16.9 Å². The predicted molar refractivity (Wildman–Crippen MR) is 111 cm³/mol. The molecule has 2 aromatic heterocycles. The van der Waals surface area contributed by atoms with Crippen LogP contribution in [0.1, 0.15) is 10.4 Å². The summed E-state index contributed by atoms with van der Waals surface area (Å²) in [5, 5.41) is 0.294. The normalized spacial score (nSPS) is 11.7. The first-order valence-corrected chi connectivity index (χ1v) is 9.67. The molecule has 0 aliphatic rings. The minimum absolute atomic E-state index is 0.138. The molecule has 0 aliphatic heterocycles. The van der Waals surface area contributed by atoms with Crippen molar-refractivity contribution in [3.8, 4) is 5.75 Å². The van der Waals surface area contributed by atoms with Crippen LogP contribution in [-0.2, 0) is 16.1 Å². The highest BCUT2D eigenvalue weighted by Crippen LogP contribution is 2.23. The summed E-state index contributed by atoms with van der Waals surface area (Å²) in [5.41, 5.74) is 0.415. The summed E-state index contributed by atoms with van der Waals surface area (Å²) in [4.78, 5) is 41.8. The number of carbonyl (C=O) groups is 2. The Kier molecular flexibility index (Phi) is 5.20. The van der Waals surface area contributed by atoms with Gasteiger partial charge in [0.15, 0.2) is 4.80 Å². The van der Waals surface area contributed by atoms with Gasteiger partial charge in [0.25, 0.3) is 5.91 Å². The third-order valence-corrected chi connectivity index (χ3v) is 5.55. The number of thiazole rings is 1. The zero-order valence-electron chi connectivity index (χ0n) is 16.1. The van der Waals surface area contributed by atoms with Crippen LogP contribution in [0.4, 0.5) is 0 Å². The second-order valence-electron chi connectivity index (χ2n) is 6.27. The second kappa shape index (κ2) is 7.96. The number of amides is 1. The molecule has 2 heterocycles. The molecule has 4 rings (SSSR count). The lowest BCUT2D eigenvalue weighted by Crippen LogP contribution is -2.23. The van der Waals surface area contributed by atoms with Gasteiger partial charge < -0.3 is 18.5 Å². The number of para-hydroxylation sites is 1. The van der Waals surface area contributed by atoms with Crippen LogP contribution in [0.15, 0.2) is 62.9 Å². The van der Waals surface area contributed by atoms with Crippen molar-refractivity contribution in [3.63, 3.8) is 0 Å².